The summed E-state index contributed by atoms with van der Waals surface area (Å²) in [6, 6.07) is -5.70. The molecule has 0 spiro atoms. The van der Waals surface area contributed by atoms with Gasteiger partial charge in [0, 0.05) is 12.2 Å². The molecule has 0 heterocycles. The minimum Gasteiger partial charge on any atom is -0.481 e. The first kappa shape index (κ1) is 26.6. The van der Waals surface area contributed by atoms with Crippen molar-refractivity contribution in [2.24, 2.45) is 5.73 Å². The molecule has 5 unspecified atom stereocenters. The molecule has 0 aliphatic carbocycles. The molecule has 0 rings (SSSR count). The van der Waals surface area contributed by atoms with Crippen LogP contribution in [0.4, 0.5) is 0 Å². The van der Waals surface area contributed by atoms with Crippen molar-refractivity contribution >= 4 is 42.3 Å². The van der Waals surface area contributed by atoms with Gasteiger partial charge in [0.1, 0.15) is 24.2 Å². The van der Waals surface area contributed by atoms with E-state index < -0.39 is 79.4 Å². The Morgan fingerprint density at radius 2 is 1.52 bits per heavy atom. The van der Waals surface area contributed by atoms with Crippen molar-refractivity contribution in [3.8, 4) is 0 Å². The van der Waals surface area contributed by atoms with Gasteiger partial charge < -0.3 is 42.1 Å². The van der Waals surface area contributed by atoms with E-state index in [9.17, 15) is 29.1 Å². The fourth-order valence-corrected chi connectivity index (χ4v) is 2.26. The summed E-state index contributed by atoms with van der Waals surface area (Å²) in [6.07, 6.45) is -2.39. The van der Waals surface area contributed by atoms with Crippen LogP contribution in [0, 0.1) is 0 Å². The highest BCUT2D eigenvalue weighted by Crippen LogP contribution is 2.02. The average Bonchev–Trinajstić information content (AvgIpc) is 2.65. The predicted molar refractivity (Wildman–Crippen MR) is 101 cm³/mol. The van der Waals surface area contributed by atoms with Gasteiger partial charge in [0.05, 0.1) is 12.7 Å². The number of aliphatic hydroxyl groups is 2. The molecule has 166 valence electrons. The molecule has 3 amide bonds. The SMILES string of the molecule is CC(O)C(NC(=O)C(CS)NC(=O)C(N)CO)C(=O)NC(CCC(=O)O)C(=O)O. The summed E-state index contributed by atoms with van der Waals surface area (Å²) in [5, 5.41) is 42.8. The molecule has 14 heteroatoms. The zero-order valence-electron chi connectivity index (χ0n) is 15.6. The van der Waals surface area contributed by atoms with Crippen LogP contribution in [-0.4, -0.2) is 92.7 Å². The fourth-order valence-electron chi connectivity index (χ4n) is 2.00. The lowest BCUT2D eigenvalue weighted by molar-refractivity contribution is -0.144. The number of nitrogens with one attached hydrogen (secondary N) is 3. The molecule has 5 atom stereocenters. The molecular formula is C15H26N4O9S. The molecule has 9 N–H and O–H groups in total. The van der Waals surface area contributed by atoms with Crippen LogP contribution in [0.2, 0.25) is 0 Å². The minimum absolute atomic E-state index is 0.208. The zero-order chi connectivity index (χ0) is 22.7. The van der Waals surface area contributed by atoms with Gasteiger partial charge >= 0.3 is 11.9 Å². The Morgan fingerprint density at radius 3 is 1.93 bits per heavy atom. The van der Waals surface area contributed by atoms with Gasteiger partial charge in [-0.1, -0.05) is 0 Å². The second-order valence-corrected chi connectivity index (χ2v) is 6.46. The van der Waals surface area contributed by atoms with Crippen LogP contribution in [0.5, 0.6) is 0 Å². The normalized spacial score (nSPS) is 15.9. The number of carbonyl (C=O) groups excluding carboxylic acids is 3. The summed E-state index contributed by atoms with van der Waals surface area (Å²) in [5.41, 5.74) is 5.33. The van der Waals surface area contributed by atoms with Gasteiger partial charge in [-0.05, 0) is 13.3 Å². The Balaban J connectivity index is 5.16. The number of nitrogens with two attached hydrogens (primary N) is 1. The maximum atomic E-state index is 12.3. The first-order chi connectivity index (χ1) is 13.4. The van der Waals surface area contributed by atoms with Crippen LogP contribution in [0.3, 0.4) is 0 Å². The van der Waals surface area contributed by atoms with E-state index in [1.807, 2.05) is 5.32 Å². The molecule has 0 radical (unpaired) electrons. The molecule has 0 fully saturated rings. The number of rotatable bonds is 13. The number of amides is 3. The van der Waals surface area contributed by atoms with E-state index in [1.165, 1.54) is 0 Å². The molecule has 0 bridgehead atoms. The Morgan fingerprint density at radius 1 is 0.966 bits per heavy atom. The number of hydrogen-bond donors (Lipinski definition) is 9. The van der Waals surface area contributed by atoms with Crippen LogP contribution in [0.25, 0.3) is 0 Å². The summed E-state index contributed by atoms with van der Waals surface area (Å²) < 4.78 is 0. The second kappa shape index (κ2) is 12.9. The quantitative estimate of drug-likeness (QED) is 0.127. The van der Waals surface area contributed by atoms with Crippen LogP contribution < -0.4 is 21.7 Å². The minimum atomic E-state index is -1.60. The number of carbonyl (C=O) groups is 5. The van der Waals surface area contributed by atoms with Crippen LogP contribution in [0.15, 0.2) is 0 Å². The highest BCUT2D eigenvalue weighted by atomic mass is 32.1. The maximum absolute atomic E-state index is 12.3. The number of carboxylic acid groups (broad SMARTS) is 2. The van der Waals surface area contributed by atoms with Crippen molar-refractivity contribution in [1.82, 2.24) is 16.0 Å². The zero-order valence-corrected chi connectivity index (χ0v) is 16.5. The molecule has 0 aromatic carbocycles. The lowest BCUT2D eigenvalue weighted by atomic mass is 10.1. The van der Waals surface area contributed by atoms with E-state index in [0.717, 1.165) is 6.92 Å². The topological polar surface area (TPSA) is 228 Å². The molecule has 0 saturated carbocycles. The molecule has 0 aromatic rings. The predicted octanol–water partition coefficient (Wildman–Crippen LogP) is -3.98. The summed E-state index contributed by atoms with van der Waals surface area (Å²) in [4.78, 5) is 58.1. The Bertz CT molecular complexity index is 617. The van der Waals surface area contributed by atoms with Gasteiger partial charge in [-0.25, -0.2) is 4.79 Å². The largest absolute Gasteiger partial charge is 0.481 e. The third-order valence-electron chi connectivity index (χ3n) is 3.67. The molecule has 0 aromatic heterocycles. The number of hydrogen-bond acceptors (Lipinski definition) is 9. The molecule has 29 heavy (non-hydrogen) atoms. The summed E-state index contributed by atoms with van der Waals surface area (Å²) in [7, 11) is 0. The molecular weight excluding hydrogens is 412 g/mol. The van der Waals surface area contributed by atoms with E-state index in [4.69, 9.17) is 21.1 Å². The van der Waals surface area contributed by atoms with E-state index >= 15 is 0 Å². The highest BCUT2D eigenvalue weighted by molar-refractivity contribution is 7.80. The monoisotopic (exact) mass is 438 g/mol. The third-order valence-corrected chi connectivity index (χ3v) is 4.04. The number of aliphatic hydroxyl groups excluding tert-OH is 2. The smallest absolute Gasteiger partial charge is 0.326 e. The van der Waals surface area contributed by atoms with Crippen molar-refractivity contribution in [3.05, 3.63) is 0 Å². The second-order valence-electron chi connectivity index (χ2n) is 6.09. The van der Waals surface area contributed by atoms with Gasteiger partial charge in [0.15, 0.2) is 0 Å². The van der Waals surface area contributed by atoms with Crippen LogP contribution >= 0.6 is 12.6 Å². The van der Waals surface area contributed by atoms with Crippen molar-refractivity contribution in [2.75, 3.05) is 12.4 Å². The van der Waals surface area contributed by atoms with Crippen molar-refractivity contribution in [2.45, 2.75) is 50.0 Å². The molecule has 13 nitrogen and oxygen atoms in total. The van der Waals surface area contributed by atoms with Gasteiger partial charge in [-0.3, -0.25) is 19.2 Å². The van der Waals surface area contributed by atoms with Crippen molar-refractivity contribution < 1.29 is 44.4 Å². The molecule has 0 aliphatic heterocycles. The first-order valence-corrected chi connectivity index (χ1v) is 9.08. The Labute approximate surface area is 171 Å². The van der Waals surface area contributed by atoms with Gasteiger partial charge in [-0.15, -0.1) is 0 Å². The Kier molecular flexibility index (Phi) is 11.8. The lowest BCUT2D eigenvalue weighted by Crippen LogP contribution is -2.60. The van der Waals surface area contributed by atoms with Crippen molar-refractivity contribution in [3.63, 3.8) is 0 Å². The summed E-state index contributed by atoms with van der Waals surface area (Å²) in [6.45, 7) is 0.492. The number of aliphatic carboxylic acids is 2. The third kappa shape index (κ3) is 9.56. The van der Waals surface area contributed by atoms with E-state index in [0.29, 0.717) is 0 Å². The maximum Gasteiger partial charge on any atom is 0.326 e. The first-order valence-electron chi connectivity index (χ1n) is 8.45. The summed E-state index contributed by atoms with van der Waals surface area (Å²) >= 11 is 3.91. The van der Waals surface area contributed by atoms with E-state index in [1.54, 1.807) is 0 Å². The van der Waals surface area contributed by atoms with Crippen LogP contribution in [0.1, 0.15) is 19.8 Å². The number of carboxylic acids is 2. The Hall–Kier alpha value is -2.42. The number of thiol groups is 1. The van der Waals surface area contributed by atoms with E-state index in [-0.39, 0.29) is 5.75 Å². The highest BCUT2D eigenvalue weighted by Gasteiger charge is 2.32. The molecule has 0 saturated heterocycles. The van der Waals surface area contributed by atoms with Gasteiger partial charge in [0.2, 0.25) is 17.7 Å². The van der Waals surface area contributed by atoms with Crippen LogP contribution in [-0.2, 0) is 24.0 Å². The lowest BCUT2D eigenvalue weighted by Gasteiger charge is -2.25. The molecule has 0 aliphatic rings. The average molecular weight is 438 g/mol. The van der Waals surface area contributed by atoms with Gasteiger partial charge in [0.25, 0.3) is 0 Å². The summed E-state index contributed by atoms with van der Waals surface area (Å²) in [5.74, 6) is -5.80. The van der Waals surface area contributed by atoms with Crippen molar-refractivity contribution in [1.29, 1.82) is 0 Å². The van der Waals surface area contributed by atoms with E-state index in [2.05, 4.69) is 23.3 Å². The fraction of sp³-hybridized carbons (Fsp3) is 0.667. The van der Waals surface area contributed by atoms with Gasteiger partial charge in [-0.2, -0.15) is 12.6 Å². The standard InChI is InChI=1S/C15H26N4O9S/c1-6(21)11(14(26)17-8(15(27)28)2-3-10(22)23)19-13(25)9(5-29)18-12(24)7(16)4-20/h6-9,11,20-21,29H,2-5,16H2,1H3,(H,17,26)(H,18,24)(H,19,25)(H,22,23)(H,27,28).